The minimum absolute atomic E-state index is 0.336. The summed E-state index contributed by atoms with van der Waals surface area (Å²) in [7, 11) is 0. The van der Waals surface area contributed by atoms with E-state index in [1.54, 1.807) is 0 Å². The fourth-order valence-electron chi connectivity index (χ4n) is 3.33. The number of para-hydroxylation sites is 1. The van der Waals surface area contributed by atoms with Crippen molar-refractivity contribution in [3.8, 4) is 5.75 Å². The van der Waals surface area contributed by atoms with E-state index in [0.717, 1.165) is 37.5 Å². The SMILES string of the molecule is Cc1ccc(OC[C@H](O)CN2CCN(c3ccccc3)CC2)c(C)c1. The molecule has 2 aromatic rings. The van der Waals surface area contributed by atoms with Gasteiger partial charge in [0.2, 0.25) is 0 Å². The van der Waals surface area contributed by atoms with Crippen LogP contribution in [-0.2, 0) is 0 Å². The molecule has 1 fully saturated rings. The molecule has 0 aromatic heterocycles. The first-order chi connectivity index (χ1) is 12.1. The maximum absolute atomic E-state index is 10.3. The van der Waals surface area contributed by atoms with Gasteiger partial charge in [0.25, 0.3) is 0 Å². The molecular weight excluding hydrogens is 312 g/mol. The Morgan fingerprint density at radius 3 is 2.40 bits per heavy atom. The molecule has 1 saturated heterocycles. The first-order valence-corrected chi connectivity index (χ1v) is 9.02. The summed E-state index contributed by atoms with van der Waals surface area (Å²) in [6.45, 7) is 9.03. The summed E-state index contributed by atoms with van der Waals surface area (Å²) in [5.74, 6) is 0.860. The van der Waals surface area contributed by atoms with Crippen LogP contribution in [0.3, 0.4) is 0 Å². The van der Waals surface area contributed by atoms with E-state index in [2.05, 4.69) is 47.1 Å². The van der Waals surface area contributed by atoms with Crippen LogP contribution in [-0.4, -0.2) is 55.4 Å². The van der Waals surface area contributed by atoms with Crippen molar-refractivity contribution >= 4 is 5.69 Å². The predicted molar refractivity (Wildman–Crippen MR) is 103 cm³/mol. The standard InChI is InChI=1S/C21H28N2O2/c1-17-8-9-21(18(2)14-17)25-16-20(24)15-22-10-12-23(13-11-22)19-6-4-3-5-7-19/h3-9,14,20,24H,10-13,15-16H2,1-2H3/t20-/m1/s1. The molecule has 1 heterocycles. The average Bonchev–Trinajstić information content (AvgIpc) is 2.62. The van der Waals surface area contributed by atoms with E-state index >= 15 is 0 Å². The third kappa shape index (κ3) is 4.97. The van der Waals surface area contributed by atoms with Gasteiger partial charge >= 0.3 is 0 Å². The Hall–Kier alpha value is -2.04. The van der Waals surface area contributed by atoms with Gasteiger partial charge in [-0.1, -0.05) is 35.9 Å². The smallest absolute Gasteiger partial charge is 0.122 e. The highest BCUT2D eigenvalue weighted by Crippen LogP contribution is 2.19. The third-order valence-corrected chi connectivity index (χ3v) is 4.72. The van der Waals surface area contributed by atoms with Crippen LogP contribution >= 0.6 is 0 Å². The molecular formula is C21H28N2O2. The van der Waals surface area contributed by atoms with Gasteiger partial charge in [-0.15, -0.1) is 0 Å². The molecule has 0 aliphatic carbocycles. The Bertz CT molecular complexity index is 667. The van der Waals surface area contributed by atoms with Crippen molar-refractivity contribution in [3.05, 3.63) is 59.7 Å². The van der Waals surface area contributed by atoms with Crippen LogP contribution in [0.15, 0.2) is 48.5 Å². The van der Waals surface area contributed by atoms with Gasteiger partial charge in [-0.05, 0) is 37.6 Å². The third-order valence-electron chi connectivity index (χ3n) is 4.72. The van der Waals surface area contributed by atoms with Gasteiger partial charge in [0.05, 0.1) is 0 Å². The maximum atomic E-state index is 10.3. The van der Waals surface area contributed by atoms with Crippen LogP contribution in [0, 0.1) is 13.8 Å². The highest BCUT2D eigenvalue weighted by molar-refractivity contribution is 5.46. The van der Waals surface area contributed by atoms with Crippen LogP contribution in [0.25, 0.3) is 0 Å². The maximum Gasteiger partial charge on any atom is 0.122 e. The van der Waals surface area contributed by atoms with Crippen molar-refractivity contribution in [1.29, 1.82) is 0 Å². The number of aliphatic hydroxyl groups excluding tert-OH is 1. The van der Waals surface area contributed by atoms with E-state index in [4.69, 9.17) is 4.74 Å². The molecule has 0 saturated carbocycles. The van der Waals surface area contributed by atoms with Crippen LogP contribution < -0.4 is 9.64 Å². The number of aryl methyl sites for hydroxylation is 2. The van der Waals surface area contributed by atoms with Crippen LogP contribution in [0.2, 0.25) is 0 Å². The molecule has 0 amide bonds. The van der Waals surface area contributed by atoms with Gasteiger partial charge in [-0.2, -0.15) is 0 Å². The number of hydrogen-bond acceptors (Lipinski definition) is 4. The first kappa shape index (κ1) is 17.8. The summed E-state index contributed by atoms with van der Waals surface area (Å²) >= 11 is 0. The zero-order valence-electron chi connectivity index (χ0n) is 15.2. The van der Waals surface area contributed by atoms with Crippen molar-refractivity contribution in [2.75, 3.05) is 44.2 Å². The Balaban J connectivity index is 1.42. The lowest BCUT2D eigenvalue weighted by atomic mass is 10.1. The second kappa shape index (κ2) is 8.37. The normalized spacial score (nSPS) is 16.7. The summed E-state index contributed by atoms with van der Waals surface area (Å²) in [6.07, 6.45) is -0.469. The van der Waals surface area contributed by atoms with Gasteiger partial charge in [-0.3, -0.25) is 4.90 Å². The molecule has 0 spiro atoms. The second-order valence-corrected chi connectivity index (χ2v) is 6.86. The summed E-state index contributed by atoms with van der Waals surface area (Å²) in [4.78, 5) is 4.71. The molecule has 1 aliphatic heterocycles. The van der Waals surface area contributed by atoms with Gasteiger partial charge in [0.15, 0.2) is 0 Å². The second-order valence-electron chi connectivity index (χ2n) is 6.86. The van der Waals surface area contributed by atoms with E-state index in [-0.39, 0.29) is 0 Å². The summed E-state index contributed by atoms with van der Waals surface area (Å²) in [5.41, 5.74) is 3.62. The van der Waals surface area contributed by atoms with E-state index in [1.165, 1.54) is 11.3 Å². The zero-order valence-corrected chi connectivity index (χ0v) is 15.2. The zero-order chi connectivity index (χ0) is 17.6. The number of hydrogen-bond donors (Lipinski definition) is 1. The van der Waals surface area contributed by atoms with E-state index in [1.807, 2.05) is 25.1 Å². The number of β-amino-alcohol motifs (C(OH)–C–C–N with tert-alkyl or cyclic N) is 1. The highest BCUT2D eigenvalue weighted by Gasteiger charge is 2.19. The topological polar surface area (TPSA) is 35.9 Å². The molecule has 134 valence electrons. The molecule has 0 unspecified atom stereocenters. The first-order valence-electron chi connectivity index (χ1n) is 9.02. The van der Waals surface area contributed by atoms with Crippen LogP contribution in [0.4, 0.5) is 5.69 Å². The van der Waals surface area contributed by atoms with Crippen LogP contribution in [0.1, 0.15) is 11.1 Å². The van der Waals surface area contributed by atoms with Crippen molar-refractivity contribution in [3.63, 3.8) is 0 Å². The fourth-order valence-corrected chi connectivity index (χ4v) is 3.33. The summed E-state index contributed by atoms with van der Waals surface area (Å²) < 4.78 is 5.80. The van der Waals surface area contributed by atoms with Gasteiger partial charge < -0.3 is 14.7 Å². The highest BCUT2D eigenvalue weighted by atomic mass is 16.5. The monoisotopic (exact) mass is 340 g/mol. The average molecular weight is 340 g/mol. The Morgan fingerprint density at radius 2 is 1.72 bits per heavy atom. The molecule has 4 heteroatoms. The lowest BCUT2D eigenvalue weighted by Crippen LogP contribution is -2.49. The molecule has 0 bridgehead atoms. The Labute approximate surface area is 150 Å². The number of aliphatic hydroxyl groups is 1. The minimum Gasteiger partial charge on any atom is -0.491 e. The molecule has 0 radical (unpaired) electrons. The number of anilines is 1. The van der Waals surface area contributed by atoms with Crippen molar-refractivity contribution in [1.82, 2.24) is 4.90 Å². The van der Waals surface area contributed by atoms with Gasteiger partial charge in [0.1, 0.15) is 18.5 Å². The number of piperazine rings is 1. The number of ether oxygens (including phenoxy) is 1. The quantitative estimate of drug-likeness (QED) is 0.877. The van der Waals surface area contributed by atoms with Crippen LogP contribution in [0.5, 0.6) is 5.75 Å². The lowest BCUT2D eigenvalue weighted by Gasteiger charge is -2.36. The van der Waals surface area contributed by atoms with Crippen molar-refractivity contribution < 1.29 is 9.84 Å². The number of benzene rings is 2. The Kier molecular flexibility index (Phi) is 5.95. The van der Waals surface area contributed by atoms with Crippen molar-refractivity contribution in [2.24, 2.45) is 0 Å². The summed E-state index contributed by atoms with van der Waals surface area (Å²) in [5, 5.41) is 10.3. The minimum atomic E-state index is -0.469. The molecule has 1 N–H and O–H groups in total. The molecule has 2 aromatic carbocycles. The molecule has 3 rings (SSSR count). The number of nitrogens with zero attached hydrogens (tertiary/aromatic N) is 2. The van der Waals surface area contributed by atoms with E-state index in [0.29, 0.717) is 13.2 Å². The largest absolute Gasteiger partial charge is 0.491 e. The lowest BCUT2D eigenvalue weighted by molar-refractivity contribution is 0.0661. The Morgan fingerprint density at radius 1 is 1.00 bits per heavy atom. The predicted octanol–water partition coefficient (Wildman–Crippen LogP) is 2.87. The molecule has 25 heavy (non-hydrogen) atoms. The van der Waals surface area contributed by atoms with E-state index < -0.39 is 6.10 Å². The number of rotatable bonds is 6. The van der Waals surface area contributed by atoms with Gasteiger partial charge in [0, 0.05) is 38.4 Å². The van der Waals surface area contributed by atoms with Gasteiger partial charge in [-0.25, -0.2) is 0 Å². The molecule has 1 atom stereocenters. The summed E-state index contributed by atoms with van der Waals surface area (Å²) in [6, 6.07) is 16.6. The molecule has 4 nitrogen and oxygen atoms in total. The van der Waals surface area contributed by atoms with Crippen molar-refractivity contribution in [2.45, 2.75) is 20.0 Å². The van der Waals surface area contributed by atoms with E-state index in [9.17, 15) is 5.11 Å². The molecule has 1 aliphatic rings. The fraction of sp³-hybridized carbons (Fsp3) is 0.429.